The molecule has 84 valence electrons. The lowest BCUT2D eigenvalue weighted by atomic mass is 9.92. The van der Waals surface area contributed by atoms with Crippen LogP contribution >= 0.6 is 0 Å². The highest BCUT2D eigenvalue weighted by molar-refractivity contribution is 5.36. The van der Waals surface area contributed by atoms with E-state index < -0.39 is 0 Å². The summed E-state index contributed by atoms with van der Waals surface area (Å²) < 4.78 is 0. The van der Waals surface area contributed by atoms with Crippen LogP contribution in [0.3, 0.4) is 0 Å². The molecule has 0 spiro atoms. The predicted molar refractivity (Wildman–Crippen MR) is 66.1 cm³/mol. The Kier molecular flexibility index (Phi) is 4.60. The van der Waals surface area contributed by atoms with Crippen molar-refractivity contribution in [3.05, 3.63) is 24.4 Å². The molecule has 1 N–H and O–H groups in total. The van der Waals surface area contributed by atoms with E-state index in [0.717, 1.165) is 12.2 Å². The standard InChI is InChI=1S/C13H22N2/c1-4-6-10-13(3,5-2)15-12-9-7-8-11-14-12/h7-9,11H,4-6,10H2,1-3H3,(H,14,15). The van der Waals surface area contributed by atoms with E-state index in [9.17, 15) is 0 Å². The molecule has 1 heterocycles. The highest BCUT2D eigenvalue weighted by atomic mass is 15.0. The number of nitrogens with one attached hydrogen (secondary N) is 1. The number of aromatic nitrogens is 1. The first-order valence-corrected chi connectivity index (χ1v) is 5.89. The van der Waals surface area contributed by atoms with Gasteiger partial charge in [-0.3, -0.25) is 0 Å². The molecular weight excluding hydrogens is 184 g/mol. The SMILES string of the molecule is CCCCC(C)(CC)Nc1ccccn1. The van der Waals surface area contributed by atoms with E-state index in [1.54, 1.807) is 0 Å². The van der Waals surface area contributed by atoms with Gasteiger partial charge in [0.2, 0.25) is 0 Å². The molecule has 1 rings (SSSR count). The summed E-state index contributed by atoms with van der Waals surface area (Å²) in [6, 6.07) is 5.99. The molecule has 2 nitrogen and oxygen atoms in total. The van der Waals surface area contributed by atoms with E-state index in [-0.39, 0.29) is 5.54 Å². The second-order valence-corrected chi connectivity index (χ2v) is 4.36. The van der Waals surface area contributed by atoms with E-state index in [4.69, 9.17) is 0 Å². The molecule has 0 aromatic carbocycles. The van der Waals surface area contributed by atoms with Gasteiger partial charge in [0.05, 0.1) is 0 Å². The lowest BCUT2D eigenvalue weighted by Gasteiger charge is -2.30. The van der Waals surface area contributed by atoms with Crippen LogP contribution in [0.25, 0.3) is 0 Å². The molecule has 0 fully saturated rings. The lowest BCUT2D eigenvalue weighted by molar-refractivity contribution is 0.437. The van der Waals surface area contributed by atoms with Crippen LogP contribution in [0.2, 0.25) is 0 Å². The van der Waals surface area contributed by atoms with Gasteiger partial charge in [0.25, 0.3) is 0 Å². The van der Waals surface area contributed by atoms with Crippen molar-refractivity contribution in [1.29, 1.82) is 0 Å². The normalized spacial score (nSPS) is 14.6. The fourth-order valence-corrected chi connectivity index (χ4v) is 1.64. The molecule has 0 saturated heterocycles. The van der Waals surface area contributed by atoms with Gasteiger partial charge in [-0.05, 0) is 31.9 Å². The Hall–Kier alpha value is -1.05. The van der Waals surface area contributed by atoms with E-state index in [1.165, 1.54) is 19.3 Å². The van der Waals surface area contributed by atoms with Gasteiger partial charge < -0.3 is 5.32 Å². The highest BCUT2D eigenvalue weighted by Crippen LogP contribution is 2.22. The van der Waals surface area contributed by atoms with Gasteiger partial charge in [-0.1, -0.05) is 32.8 Å². The second kappa shape index (κ2) is 5.74. The van der Waals surface area contributed by atoms with Crippen molar-refractivity contribution in [3.63, 3.8) is 0 Å². The third-order valence-electron chi connectivity index (χ3n) is 2.96. The van der Waals surface area contributed by atoms with Crippen LogP contribution in [0, 0.1) is 0 Å². The summed E-state index contributed by atoms with van der Waals surface area (Å²) in [5.74, 6) is 0.984. The number of nitrogens with zero attached hydrogens (tertiary/aromatic N) is 1. The Bertz CT molecular complexity index is 271. The van der Waals surface area contributed by atoms with Gasteiger partial charge >= 0.3 is 0 Å². The van der Waals surface area contributed by atoms with Crippen LogP contribution in [0.1, 0.15) is 46.5 Å². The summed E-state index contributed by atoms with van der Waals surface area (Å²) in [7, 11) is 0. The van der Waals surface area contributed by atoms with Crippen molar-refractivity contribution in [2.75, 3.05) is 5.32 Å². The molecule has 1 atom stereocenters. The largest absolute Gasteiger partial charge is 0.365 e. The first kappa shape index (κ1) is 12.0. The quantitative estimate of drug-likeness (QED) is 0.764. The van der Waals surface area contributed by atoms with Crippen molar-refractivity contribution in [2.24, 2.45) is 0 Å². The van der Waals surface area contributed by atoms with Crippen LogP contribution in [0.15, 0.2) is 24.4 Å². The summed E-state index contributed by atoms with van der Waals surface area (Å²) in [4.78, 5) is 4.31. The second-order valence-electron chi connectivity index (χ2n) is 4.36. The molecule has 1 aromatic rings. The summed E-state index contributed by atoms with van der Waals surface area (Å²) in [6.45, 7) is 6.74. The molecule has 1 unspecified atom stereocenters. The lowest BCUT2D eigenvalue weighted by Crippen LogP contribution is -2.34. The average molecular weight is 206 g/mol. The summed E-state index contributed by atoms with van der Waals surface area (Å²) in [5.41, 5.74) is 0.185. The van der Waals surface area contributed by atoms with Crippen molar-refractivity contribution in [2.45, 2.75) is 52.0 Å². The molecule has 0 aliphatic rings. The third kappa shape index (κ3) is 3.90. The Labute approximate surface area is 93.1 Å². The van der Waals surface area contributed by atoms with Crippen LogP contribution in [-0.4, -0.2) is 10.5 Å². The van der Waals surface area contributed by atoms with Gasteiger partial charge in [-0.25, -0.2) is 4.98 Å². The number of hydrogen-bond acceptors (Lipinski definition) is 2. The maximum Gasteiger partial charge on any atom is 0.126 e. The first-order valence-electron chi connectivity index (χ1n) is 5.89. The maximum absolute atomic E-state index is 4.31. The zero-order valence-electron chi connectivity index (χ0n) is 10.1. The van der Waals surface area contributed by atoms with Gasteiger partial charge in [0.1, 0.15) is 5.82 Å². The van der Waals surface area contributed by atoms with Crippen molar-refractivity contribution >= 4 is 5.82 Å². The molecule has 0 bridgehead atoms. The molecule has 0 amide bonds. The molecule has 0 aliphatic heterocycles. The Balaban J connectivity index is 2.59. The fraction of sp³-hybridized carbons (Fsp3) is 0.615. The Morgan fingerprint density at radius 1 is 1.33 bits per heavy atom. The molecule has 0 aliphatic carbocycles. The first-order chi connectivity index (χ1) is 7.20. The minimum Gasteiger partial charge on any atom is -0.365 e. The molecule has 2 heteroatoms. The molecule has 1 aromatic heterocycles. The Morgan fingerprint density at radius 3 is 2.67 bits per heavy atom. The van der Waals surface area contributed by atoms with E-state index in [2.05, 4.69) is 31.1 Å². The summed E-state index contributed by atoms with van der Waals surface area (Å²) in [5, 5.41) is 3.53. The van der Waals surface area contributed by atoms with Crippen molar-refractivity contribution in [1.82, 2.24) is 4.98 Å². The topological polar surface area (TPSA) is 24.9 Å². The Morgan fingerprint density at radius 2 is 2.13 bits per heavy atom. The fourth-order valence-electron chi connectivity index (χ4n) is 1.64. The monoisotopic (exact) mass is 206 g/mol. The van der Waals surface area contributed by atoms with E-state index in [1.807, 2.05) is 24.4 Å². The van der Waals surface area contributed by atoms with Crippen molar-refractivity contribution < 1.29 is 0 Å². The number of pyridine rings is 1. The maximum atomic E-state index is 4.31. The summed E-state index contributed by atoms with van der Waals surface area (Å²) in [6.07, 6.45) is 6.68. The van der Waals surface area contributed by atoms with Crippen LogP contribution < -0.4 is 5.32 Å². The minimum atomic E-state index is 0.185. The van der Waals surface area contributed by atoms with Gasteiger partial charge in [-0.2, -0.15) is 0 Å². The van der Waals surface area contributed by atoms with Gasteiger partial charge in [-0.15, -0.1) is 0 Å². The van der Waals surface area contributed by atoms with Crippen molar-refractivity contribution in [3.8, 4) is 0 Å². The minimum absolute atomic E-state index is 0.185. The number of anilines is 1. The molecule has 0 radical (unpaired) electrons. The molecular formula is C13H22N2. The molecule has 0 saturated carbocycles. The van der Waals surface area contributed by atoms with Gasteiger partial charge in [0, 0.05) is 11.7 Å². The average Bonchev–Trinajstić information content (AvgIpc) is 2.28. The number of rotatable bonds is 6. The van der Waals surface area contributed by atoms with Crippen LogP contribution in [0.4, 0.5) is 5.82 Å². The smallest absolute Gasteiger partial charge is 0.126 e. The predicted octanol–water partition coefficient (Wildman–Crippen LogP) is 3.85. The third-order valence-corrected chi connectivity index (χ3v) is 2.96. The number of unbranched alkanes of at least 4 members (excludes halogenated alkanes) is 1. The van der Waals surface area contributed by atoms with Gasteiger partial charge in [0.15, 0.2) is 0 Å². The zero-order valence-corrected chi connectivity index (χ0v) is 10.1. The van der Waals surface area contributed by atoms with E-state index >= 15 is 0 Å². The summed E-state index contributed by atoms with van der Waals surface area (Å²) >= 11 is 0. The number of hydrogen-bond donors (Lipinski definition) is 1. The van der Waals surface area contributed by atoms with Crippen LogP contribution in [-0.2, 0) is 0 Å². The highest BCUT2D eigenvalue weighted by Gasteiger charge is 2.20. The zero-order chi connectivity index (χ0) is 11.1. The van der Waals surface area contributed by atoms with E-state index in [0.29, 0.717) is 0 Å². The molecule has 15 heavy (non-hydrogen) atoms. The van der Waals surface area contributed by atoms with Crippen LogP contribution in [0.5, 0.6) is 0 Å².